The minimum Gasteiger partial charge on any atom is -0.155 e. The average molecular weight is 541 g/mol. The van der Waals surface area contributed by atoms with Crippen molar-refractivity contribution in [2.75, 3.05) is 0 Å². The zero-order chi connectivity index (χ0) is 23.0. The second kappa shape index (κ2) is 14.5. The van der Waals surface area contributed by atoms with Crippen LogP contribution in [0.1, 0.15) is 141 Å². The zero-order valence-corrected chi connectivity index (χ0v) is 25.1. The Morgan fingerprint density at radius 3 is 0.765 bits per heavy atom. The third-order valence-corrected chi connectivity index (χ3v) is 16.0. The molecule has 6 atom stereocenters. The number of thioether (sulfide) groups is 4. The van der Waals surface area contributed by atoms with Crippen molar-refractivity contribution in [1.82, 2.24) is 0 Å². The van der Waals surface area contributed by atoms with Crippen molar-refractivity contribution in [1.29, 1.82) is 0 Å². The molecule has 4 heteroatoms. The van der Waals surface area contributed by atoms with Crippen molar-refractivity contribution in [2.24, 2.45) is 0 Å². The van der Waals surface area contributed by atoms with Crippen LogP contribution in [-0.4, -0.2) is 42.0 Å². The minimum absolute atomic E-state index is 0.977. The number of hydrogen-bond acceptors (Lipinski definition) is 4. The summed E-state index contributed by atoms with van der Waals surface area (Å²) in [6, 6.07) is 0. The first-order valence-corrected chi connectivity index (χ1v) is 19.2. The maximum absolute atomic E-state index is 2.47. The molecular weight excluding hydrogens is 489 g/mol. The standard InChI is InChI=1S/C30H52S4/c1-3-10-23(11-4-1)31-25-14-7-16-27(20-25)33-29-18-9-19-30(22-29)34-28-17-8-15-26(21-28)32-24-12-5-2-6-13-24/h23-30H,1-22H2. The van der Waals surface area contributed by atoms with E-state index < -0.39 is 0 Å². The highest BCUT2D eigenvalue weighted by atomic mass is 32.2. The van der Waals surface area contributed by atoms with E-state index in [0.717, 1.165) is 42.0 Å². The summed E-state index contributed by atoms with van der Waals surface area (Å²) in [7, 11) is 0. The fraction of sp³-hybridized carbons (Fsp3) is 1.00. The number of rotatable bonds is 8. The smallest absolute Gasteiger partial charge is 0.00603 e. The molecule has 0 aliphatic heterocycles. The Labute approximate surface area is 229 Å². The van der Waals surface area contributed by atoms with Crippen LogP contribution in [0.2, 0.25) is 0 Å². The molecule has 0 N–H and O–H groups in total. The van der Waals surface area contributed by atoms with Gasteiger partial charge in [0.15, 0.2) is 0 Å². The maximum Gasteiger partial charge on any atom is 0.00603 e. The second-order valence-electron chi connectivity index (χ2n) is 12.3. The van der Waals surface area contributed by atoms with Gasteiger partial charge in [0.2, 0.25) is 0 Å². The van der Waals surface area contributed by atoms with Gasteiger partial charge in [0.25, 0.3) is 0 Å². The summed E-state index contributed by atoms with van der Waals surface area (Å²) in [4.78, 5) is 0. The molecule has 0 bridgehead atoms. The Morgan fingerprint density at radius 1 is 0.235 bits per heavy atom. The van der Waals surface area contributed by atoms with Crippen molar-refractivity contribution < 1.29 is 0 Å². The van der Waals surface area contributed by atoms with Gasteiger partial charge in [0.05, 0.1) is 0 Å². The first kappa shape index (κ1) is 27.0. The summed E-state index contributed by atoms with van der Waals surface area (Å²) >= 11 is 9.78. The van der Waals surface area contributed by atoms with Gasteiger partial charge in [0.1, 0.15) is 0 Å². The van der Waals surface area contributed by atoms with Gasteiger partial charge < -0.3 is 0 Å². The Kier molecular flexibility index (Phi) is 11.5. The predicted molar refractivity (Wildman–Crippen MR) is 162 cm³/mol. The summed E-state index contributed by atoms with van der Waals surface area (Å²) in [5.41, 5.74) is 0. The van der Waals surface area contributed by atoms with E-state index in [1.54, 1.807) is 0 Å². The molecule has 5 aliphatic rings. The summed E-state index contributed by atoms with van der Waals surface area (Å²) in [5, 5.41) is 7.91. The maximum atomic E-state index is 2.47. The molecule has 5 aliphatic carbocycles. The SMILES string of the molecule is C1CCC(SC2CCCC(SC3CCCC(SC4CCCC(SC5CCCCC5)C4)C3)C2)CC1. The molecule has 0 saturated heterocycles. The van der Waals surface area contributed by atoms with Gasteiger partial charge in [-0.15, -0.1) is 0 Å². The highest BCUT2D eigenvalue weighted by molar-refractivity contribution is 8.02. The molecule has 6 unspecified atom stereocenters. The molecule has 0 amide bonds. The summed E-state index contributed by atoms with van der Waals surface area (Å²) in [5.74, 6) is 0. The zero-order valence-electron chi connectivity index (χ0n) is 21.8. The Hall–Kier alpha value is 1.40. The molecule has 0 spiro atoms. The highest BCUT2D eigenvalue weighted by Gasteiger charge is 2.33. The molecule has 34 heavy (non-hydrogen) atoms. The lowest BCUT2D eigenvalue weighted by Crippen LogP contribution is -2.29. The third-order valence-electron chi connectivity index (χ3n) is 9.38. The monoisotopic (exact) mass is 540 g/mol. The van der Waals surface area contributed by atoms with Crippen molar-refractivity contribution in [2.45, 2.75) is 183 Å². The van der Waals surface area contributed by atoms with Crippen molar-refractivity contribution in [3.8, 4) is 0 Å². The van der Waals surface area contributed by atoms with Crippen LogP contribution in [-0.2, 0) is 0 Å². The van der Waals surface area contributed by atoms with Crippen LogP contribution in [0.25, 0.3) is 0 Å². The van der Waals surface area contributed by atoms with Crippen LogP contribution in [0.15, 0.2) is 0 Å². The van der Waals surface area contributed by atoms with Gasteiger partial charge in [-0.2, -0.15) is 47.0 Å². The molecule has 0 nitrogen and oxygen atoms in total. The van der Waals surface area contributed by atoms with Crippen LogP contribution in [0.5, 0.6) is 0 Å². The van der Waals surface area contributed by atoms with Gasteiger partial charge in [-0.1, -0.05) is 57.8 Å². The second-order valence-corrected chi connectivity index (χ2v) is 18.7. The van der Waals surface area contributed by atoms with Crippen LogP contribution in [0.4, 0.5) is 0 Å². The first-order chi connectivity index (χ1) is 16.8. The van der Waals surface area contributed by atoms with Gasteiger partial charge >= 0.3 is 0 Å². The lowest BCUT2D eigenvalue weighted by molar-refractivity contribution is 0.489. The fourth-order valence-corrected chi connectivity index (χ4v) is 15.2. The summed E-state index contributed by atoms with van der Waals surface area (Å²) < 4.78 is 0. The molecule has 5 fully saturated rings. The van der Waals surface area contributed by atoms with Crippen molar-refractivity contribution >= 4 is 47.0 Å². The molecule has 0 aromatic rings. The molecule has 5 rings (SSSR count). The molecular formula is C30H52S4. The van der Waals surface area contributed by atoms with E-state index in [4.69, 9.17) is 0 Å². The van der Waals surface area contributed by atoms with Crippen LogP contribution in [0, 0.1) is 0 Å². The highest BCUT2D eigenvalue weighted by Crippen LogP contribution is 2.46. The van der Waals surface area contributed by atoms with Gasteiger partial charge in [-0.3, -0.25) is 0 Å². The van der Waals surface area contributed by atoms with Gasteiger partial charge in [-0.05, 0) is 83.5 Å². The largest absolute Gasteiger partial charge is 0.155 e. The van der Waals surface area contributed by atoms with E-state index in [0.29, 0.717) is 0 Å². The van der Waals surface area contributed by atoms with Gasteiger partial charge in [-0.25, -0.2) is 0 Å². The van der Waals surface area contributed by atoms with E-state index in [1.807, 2.05) is 0 Å². The number of hydrogen-bond donors (Lipinski definition) is 0. The first-order valence-electron chi connectivity index (χ1n) is 15.4. The molecule has 5 saturated carbocycles. The van der Waals surface area contributed by atoms with Gasteiger partial charge in [0, 0.05) is 42.0 Å². The Morgan fingerprint density at radius 2 is 0.471 bits per heavy atom. The summed E-state index contributed by atoms with van der Waals surface area (Å²) in [6.07, 6.45) is 33.3. The topological polar surface area (TPSA) is 0 Å². The van der Waals surface area contributed by atoms with Crippen molar-refractivity contribution in [3.63, 3.8) is 0 Å². The fourth-order valence-electron chi connectivity index (χ4n) is 7.54. The minimum atomic E-state index is 0.977. The third kappa shape index (κ3) is 8.72. The lowest BCUT2D eigenvalue weighted by atomic mass is 9.98. The average Bonchev–Trinajstić information content (AvgIpc) is 2.86. The lowest BCUT2D eigenvalue weighted by Gasteiger charge is -2.38. The Balaban J connectivity index is 1.03. The van der Waals surface area contributed by atoms with E-state index in [9.17, 15) is 0 Å². The molecule has 0 heterocycles. The van der Waals surface area contributed by atoms with E-state index >= 15 is 0 Å². The van der Waals surface area contributed by atoms with E-state index in [2.05, 4.69) is 47.0 Å². The summed E-state index contributed by atoms with van der Waals surface area (Å²) in [6.45, 7) is 0. The van der Waals surface area contributed by atoms with Crippen LogP contribution >= 0.6 is 47.0 Å². The molecule has 0 aromatic heterocycles. The Bertz CT molecular complexity index is 522. The van der Waals surface area contributed by atoms with Crippen molar-refractivity contribution in [3.05, 3.63) is 0 Å². The normalized spacial score (nSPS) is 39.2. The quantitative estimate of drug-likeness (QED) is 0.300. The molecule has 196 valence electrons. The molecule has 0 radical (unpaired) electrons. The molecule has 0 aromatic carbocycles. The predicted octanol–water partition coefficient (Wildman–Crippen LogP) is 10.5. The van der Waals surface area contributed by atoms with Crippen LogP contribution < -0.4 is 0 Å². The van der Waals surface area contributed by atoms with Crippen LogP contribution in [0.3, 0.4) is 0 Å². The van der Waals surface area contributed by atoms with E-state index in [1.165, 1.54) is 141 Å². The van der Waals surface area contributed by atoms with E-state index in [-0.39, 0.29) is 0 Å².